The second kappa shape index (κ2) is 5.37. The second-order valence-corrected chi connectivity index (χ2v) is 5.32. The predicted octanol–water partition coefficient (Wildman–Crippen LogP) is 1.94. The van der Waals surface area contributed by atoms with Crippen molar-refractivity contribution in [2.24, 2.45) is 11.7 Å². The third-order valence-electron chi connectivity index (χ3n) is 3.84. The number of likely N-dealkylation sites (N-methyl/N-ethyl adjacent to an activating group) is 1. The maximum absolute atomic E-state index is 12.1. The quantitative estimate of drug-likeness (QED) is 0.824. The Kier molecular flexibility index (Phi) is 4.62. The monoisotopic (exact) mass is 246 g/mol. The molecule has 1 amide bonds. The van der Waals surface area contributed by atoms with Gasteiger partial charge >= 0.3 is 0 Å². The Morgan fingerprint density at radius 2 is 1.94 bits per heavy atom. The zero-order valence-corrected chi connectivity index (χ0v) is 10.9. The van der Waals surface area contributed by atoms with Gasteiger partial charge in [-0.25, -0.2) is 0 Å². The number of hydrogen-bond donors (Lipinski definition) is 1. The summed E-state index contributed by atoms with van der Waals surface area (Å²) in [6, 6.07) is 0. The highest BCUT2D eigenvalue weighted by Crippen LogP contribution is 2.33. The molecule has 0 bridgehead atoms. The van der Waals surface area contributed by atoms with E-state index in [9.17, 15) is 4.79 Å². The van der Waals surface area contributed by atoms with E-state index < -0.39 is 5.54 Å². The molecule has 0 aromatic rings. The van der Waals surface area contributed by atoms with Crippen LogP contribution in [-0.2, 0) is 4.79 Å². The molecule has 2 rings (SSSR count). The molecule has 2 saturated carbocycles. The third-order valence-corrected chi connectivity index (χ3v) is 3.84. The fourth-order valence-corrected chi connectivity index (χ4v) is 2.48. The number of hydrogen-bond acceptors (Lipinski definition) is 2. The predicted molar refractivity (Wildman–Crippen MR) is 67.6 cm³/mol. The average molecular weight is 247 g/mol. The minimum atomic E-state index is -0.529. The van der Waals surface area contributed by atoms with Crippen LogP contribution in [0.3, 0.4) is 0 Å². The van der Waals surface area contributed by atoms with Crippen LogP contribution in [0, 0.1) is 5.92 Å². The van der Waals surface area contributed by atoms with Crippen LogP contribution in [0.1, 0.15) is 44.9 Å². The molecular formula is C12H23ClN2O. The smallest absolute Gasteiger partial charge is 0.242 e. The first-order valence-electron chi connectivity index (χ1n) is 6.16. The lowest BCUT2D eigenvalue weighted by atomic mass is 9.97. The molecule has 94 valence electrons. The number of amides is 1. The molecule has 2 aliphatic rings. The van der Waals surface area contributed by atoms with Crippen LogP contribution in [-0.4, -0.2) is 29.9 Å². The Morgan fingerprint density at radius 1 is 1.38 bits per heavy atom. The minimum absolute atomic E-state index is 0. The maximum atomic E-state index is 12.1. The van der Waals surface area contributed by atoms with E-state index in [-0.39, 0.29) is 18.3 Å². The van der Waals surface area contributed by atoms with Crippen LogP contribution < -0.4 is 5.73 Å². The summed E-state index contributed by atoms with van der Waals surface area (Å²) in [6.45, 7) is 0.891. The van der Waals surface area contributed by atoms with Crippen LogP contribution in [0.25, 0.3) is 0 Å². The normalized spacial score (nSPS) is 22.6. The van der Waals surface area contributed by atoms with Crippen LogP contribution in [0.15, 0.2) is 0 Å². The van der Waals surface area contributed by atoms with Gasteiger partial charge in [0.05, 0.1) is 5.54 Å². The number of halogens is 1. The first kappa shape index (κ1) is 13.8. The lowest BCUT2D eigenvalue weighted by Gasteiger charge is -2.28. The summed E-state index contributed by atoms with van der Waals surface area (Å²) in [5.74, 6) is 1.05. The van der Waals surface area contributed by atoms with Gasteiger partial charge in [-0.15, -0.1) is 12.4 Å². The van der Waals surface area contributed by atoms with E-state index in [1.54, 1.807) is 0 Å². The molecule has 16 heavy (non-hydrogen) atoms. The van der Waals surface area contributed by atoms with Crippen molar-refractivity contribution < 1.29 is 4.79 Å². The van der Waals surface area contributed by atoms with Gasteiger partial charge in [-0.1, -0.05) is 25.7 Å². The number of carbonyl (C=O) groups is 1. The van der Waals surface area contributed by atoms with E-state index in [0.29, 0.717) is 0 Å². The van der Waals surface area contributed by atoms with Crippen molar-refractivity contribution in [3.8, 4) is 0 Å². The first-order valence-corrected chi connectivity index (χ1v) is 6.16. The number of nitrogens with two attached hydrogens (primary N) is 1. The summed E-state index contributed by atoms with van der Waals surface area (Å²) in [7, 11) is 1.90. The highest BCUT2D eigenvalue weighted by Gasteiger charge is 2.39. The topological polar surface area (TPSA) is 46.3 Å². The average Bonchev–Trinajstić information content (AvgIpc) is 2.96. The van der Waals surface area contributed by atoms with Crippen molar-refractivity contribution in [1.82, 2.24) is 4.90 Å². The highest BCUT2D eigenvalue weighted by atomic mass is 35.5. The molecule has 0 spiro atoms. The van der Waals surface area contributed by atoms with Crippen molar-refractivity contribution in [3.05, 3.63) is 0 Å². The Morgan fingerprint density at radius 3 is 2.44 bits per heavy atom. The van der Waals surface area contributed by atoms with Crippen molar-refractivity contribution in [2.75, 3.05) is 13.6 Å². The first-order chi connectivity index (χ1) is 7.12. The lowest BCUT2D eigenvalue weighted by molar-refractivity contribution is -0.135. The van der Waals surface area contributed by atoms with Gasteiger partial charge in [0.15, 0.2) is 0 Å². The molecule has 0 unspecified atom stereocenters. The molecule has 3 nitrogen and oxygen atoms in total. The van der Waals surface area contributed by atoms with Crippen LogP contribution in [0.4, 0.5) is 0 Å². The number of nitrogens with zero attached hydrogens (tertiary/aromatic N) is 1. The zero-order valence-electron chi connectivity index (χ0n) is 10.1. The Labute approximate surface area is 104 Å². The van der Waals surface area contributed by atoms with Gasteiger partial charge in [-0.2, -0.15) is 0 Å². The molecule has 0 aromatic carbocycles. The molecule has 2 aliphatic carbocycles. The van der Waals surface area contributed by atoms with Gasteiger partial charge in [0.2, 0.25) is 5.91 Å². The molecule has 4 heteroatoms. The fourth-order valence-electron chi connectivity index (χ4n) is 2.48. The van der Waals surface area contributed by atoms with Crippen molar-refractivity contribution in [2.45, 2.75) is 50.5 Å². The van der Waals surface area contributed by atoms with E-state index in [2.05, 4.69) is 0 Å². The maximum Gasteiger partial charge on any atom is 0.242 e. The summed E-state index contributed by atoms with van der Waals surface area (Å²) in [4.78, 5) is 14.0. The standard InChI is InChI=1S/C12H22N2O.ClH/c1-14(9-6-10-4-5-10)11(15)12(13)7-2-3-8-12;/h10H,2-9,13H2,1H3;1H. The van der Waals surface area contributed by atoms with Gasteiger partial charge in [-0.05, 0) is 25.2 Å². The third kappa shape index (κ3) is 3.11. The van der Waals surface area contributed by atoms with Gasteiger partial charge in [0, 0.05) is 13.6 Å². The Bertz CT molecular complexity index is 247. The summed E-state index contributed by atoms with van der Waals surface area (Å²) >= 11 is 0. The van der Waals surface area contributed by atoms with Gasteiger partial charge < -0.3 is 10.6 Å². The molecule has 0 radical (unpaired) electrons. The minimum Gasteiger partial charge on any atom is -0.344 e. The largest absolute Gasteiger partial charge is 0.344 e. The lowest BCUT2D eigenvalue weighted by Crippen LogP contribution is -2.52. The Balaban J connectivity index is 0.00000128. The highest BCUT2D eigenvalue weighted by molar-refractivity contribution is 5.86. The summed E-state index contributed by atoms with van der Waals surface area (Å²) < 4.78 is 0. The molecule has 0 saturated heterocycles. The van der Waals surface area contributed by atoms with Crippen LogP contribution in [0.2, 0.25) is 0 Å². The van der Waals surface area contributed by atoms with Crippen molar-refractivity contribution in [1.29, 1.82) is 0 Å². The SMILES string of the molecule is CN(CCC1CC1)C(=O)C1(N)CCCC1.Cl. The summed E-state index contributed by atoms with van der Waals surface area (Å²) in [6.07, 6.45) is 7.85. The van der Waals surface area contributed by atoms with E-state index in [4.69, 9.17) is 5.73 Å². The summed E-state index contributed by atoms with van der Waals surface area (Å²) in [5.41, 5.74) is 5.60. The van der Waals surface area contributed by atoms with Crippen molar-refractivity contribution >= 4 is 18.3 Å². The molecule has 2 N–H and O–H groups in total. The van der Waals surface area contributed by atoms with E-state index in [1.807, 2.05) is 11.9 Å². The summed E-state index contributed by atoms with van der Waals surface area (Å²) in [5, 5.41) is 0. The fraction of sp³-hybridized carbons (Fsp3) is 0.917. The van der Waals surface area contributed by atoms with E-state index in [0.717, 1.165) is 38.1 Å². The van der Waals surface area contributed by atoms with Crippen molar-refractivity contribution in [3.63, 3.8) is 0 Å². The van der Waals surface area contributed by atoms with Gasteiger partial charge in [0.1, 0.15) is 0 Å². The number of carbonyl (C=O) groups excluding carboxylic acids is 1. The molecule has 0 aromatic heterocycles. The van der Waals surface area contributed by atoms with Crippen LogP contribution in [0.5, 0.6) is 0 Å². The molecular weight excluding hydrogens is 224 g/mol. The van der Waals surface area contributed by atoms with Gasteiger partial charge in [0.25, 0.3) is 0 Å². The van der Waals surface area contributed by atoms with Crippen LogP contribution >= 0.6 is 12.4 Å². The Hall–Kier alpha value is -0.280. The molecule has 0 atom stereocenters. The van der Waals surface area contributed by atoms with E-state index >= 15 is 0 Å². The van der Waals surface area contributed by atoms with E-state index in [1.165, 1.54) is 19.3 Å². The molecule has 2 fully saturated rings. The number of rotatable bonds is 4. The molecule has 0 heterocycles. The van der Waals surface area contributed by atoms with Gasteiger partial charge in [-0.3, -0.25) is 4.79 Å². The zero-order chi connectivity index (χ0) is 10.9. The second-order valence-electron chi connectivity index (χ2n) is 5.32. The molecule has 0 aliphatic heterocycles.